The average molecular weight is 350 g/mol. The molecule has 0 radical (unpaired) electrons. The van der Waals surface area contributed by atoms with Crippen molar-refractivity contribution in [2.45, 2.75) is 19.5 Å². The summed E-state index contributed by atoms with van der Waals surface area (Å²) >= 11 is 0. The van der Waals surface area contributed by atoms with E-state index < -0.39 is 0 Å². The minimum Gasteiger partial charge on any atom is -0.508 e. The first-order chi connectivity index (χ1) is 12.6. The number of hydrogen-bond acceptors (Lipinski definition) is 7. The molecular weight excluding hydrogens is 332 g/mol. The number of aromatic hydroxyl groups is 3. The fourth-order valence-corrected chi connectivity index (χ4v) is 3.16. The molecule has 3 aromatic rings. The second-order valence-electron chi connectivity index (χ2n) is 6.33. The lowest BCUT2D eigenvalue weighted by Crippen LogP contribution is -2.31. The zero-order chi connectivity index (χ0) is 18.1. The molecule has 0 atom stereocenters. The summed E-state index contributed by atoms with van der Waals surface area (Å²) in [4.78, 5) is 15.3. The minimum atomic E-state index is -0.163. The van der Waals surface area contributed by atoms with Crippen molar-refractivity contribution in [2.75, 3.05) is 6.54 Å². The van der Waals surface area contributed by atoms with Crippen LogP contribution in [0.3, 0.4) is 0 Å². The molecule has 0 spiro atoms. The SMILES string of the molecule is Oc1cc(O)c(CN2CCc3nc(-c4cccnc4)ncc3C2)c(O)c1. The van der Waals surface area contributed by atoms with Gasteiger partial charge in [0.25, 0.3) is 0 Å². The Labute approximate surface area is 150 Å². The first-order valence-electron chi connectivity index (χ1n) is 8.31. The normalized spacial score (nSPS) is 14.2. The number of phenolic OH excluding ortho intramolecular Hbond substituents is 3. The largest absolute Gasteiger partial charge is 0.508 e. The van der Waals surface area contributed by atoms with Gasteiger partial charge < -0.3 is 15.3 Å². The van der Waals surface area contributed by atoms with E-state index in [1.165, 1.54) is 12.1 Å². The molecule has 0 saturated heterocycles. The summed E-state index contributed by atoms with van der Waals surface area (Å²) in [5, 5.41) is 29.4. The fraction of sp³-hybridized carbons (Fsp3) is 0.211. The summed E-state index contributed by atoms with van der Waals surface area (Å²) in [6, 6.07) is 6.25. The Balaban J connectivity index is 1.54. The maximum Gasteiger partial charge on any atom is 0.160 e. The van der Waals surface area contributed by atoms with Crippen LogP contribution in [0.25, 0.3) is 11.4 Å². The topological polar surface area (TPSA) is 103 Å². The summed E-state index contributed by atoms with van der Waals surface area (Å²) in [5.41, 5.74) is 3.33. The number of pyridine rings is 1. The molecule has 0 amide bonds. The highest BCUT2D eigenvalue weighted by Crippen LogP contribution is 2.33. The Morgan fingerprint density at radius 2 is 1.88 bits per heavy atom. The molecule has 26 heavy (non-hydrogen) atoms. The molecule has 0 unspecified atom stereocenters. The molecule has 3 N–H and O–H groups in total. The maximum atomic E-state index is 9.98. The average Bonchev–Trinajstić information content (AvgIpc) is 2.65. The van der Waals surface area contributed by atoms with Crippen LogP contribution in [-0.2, 0) is 19.5 Å². The Bertz CT molecular complexity index is 924. The molecule has 3 heterocycles. The molecule has 4 rings (SSSR count). The van der Waals surface area contributed by atoms with Gasteiger partial charge in [-0.1, -0.05) is 0 Å². The molecule has 7 heteroatoms. The Morgan fingerprint density at radius 1 is 1.08 bits per heavy atom. The van der Waals surface area contributed by atoms with Crippen molar-refractivity contribution in [3.63, 3.8) is 0 Å². The van der Waals surface area contributed by atoms with Gasteiger partial charge in [-0.25, -0.2) is 9.97 Å². The highest BCUT2D eigenvalue weighted by atomic mass is 16.3. The Morgan fingerprint density at radius 3 is 2.62 bits per heavy atom. The highest BCUT2D eigenvalue weighted by Gasteiger charge is 2.21. The lowest BCUT2D eigenvalue weighted by molar-refractivity contribution is 0.236. The van der Waals surface area contributed by atoms with Crippen LogP contribution in [0.15, 0.2) is 42.9 Å². The van der Waals surface area contributed by atoms with Crippen molar-refractivity contribution in [1.29, 1.82) is 0 Å². The van der Waals surface area contributed by atoms with Crippen LogP contribution in [0.1, 0.15) is 16.8 Å². The van der Waals surface area contributed by atoms with Crippen molar-refractivity contribution in [1.82, 2.24) is 19.9 Å². The van der Waals surface area contributed by atoms with E-state index in [0.717, 1.165) is 29.8 Å². The number of benzene rings is 1. The predicted molar refractivity (Wildman–Crippen MR) is 94.5 cm³/mol. The molecule has 7 nitrogen and oxygen atoms in total. The second-order valence-corrected chi connectivity index (χ2v) is 6.33. The van der Waals surface area contributed by atoms with E-state index in [0.29, 0.717) is 24.5 Å². The zero-order valence-corrected chi connectivity index (χ0v) is 14.0. The standard InChI is InChI=1S/C19H18N4O3/c24-14-6-17(25)15(18(26)7-14)11-23-5-3-16-13(10-23)9-21-19(22-16)12-2-1-4-20-8-12/h1-2,4,6-9,24-26H,3,5,10-11H2. The molecule has 132 valence electrons. The van der Waals surface area contributed by atoms with Crippen molar-refractivity contribution in [3.05, 3.63) is 59.7 Å². The van der Waals surface area contributed by atoms with Gasteiger partial charge in [0.15, 0.2) is 5.82 Å². The molecule has 2 aromatic heterocycles. The van der Waals surface area contributed by atoms with E-state index in [1.807, 2.05) is 18.3 Å². The van der Waals surface area contributed by atoms with Crippen LogP contribution in [0.4, 0.5) is 0 Å². The number of fused-ring (bicyclic) bond motifs is 1. The third-order valence-electron chi connectivity index (χ3n) is 4.50. The van der Waals surface area contributed by atoms with E-state index in [1.54, 1.807) is 12.4 Å². The van der Waals surface area contributed by atoms with Crippen molar-refractivity contribution in [3.8, 4) is 28.6 Å². The lowest BCUT2D eigenvalue weighted by Gasteiger charge is -2.28. The van der Waals surface area contributed by atoms with Gasteiger partial charge in [0, 0.05) is 73.5 Å². The number of hydrogen-bond donors (Lipinski definition) is 3. The minimum absolute atomic E-state index is 0.114. The first kappa shape index (κ1) is 16.3. The maximum absolute atomic E-state index is 9.98. The third kappa shape index (κ3) is 3.16. The van der Waals surface area contributed by atoms with Crippen LogP contribution in [0, 0.1) is 0 Å². The van der Waals surface area contributed by atoms with Gasteiger partial charge >= 0.3 is 0 Å². The summed E-state index contributed by atoms with van der Waals surface area (Å²) in [7, 11) is 0. The summed E-state index contributed by atoms with van der Waals surface area (Å²) in [5.74, 6) is 0.274. The highest BCUT2D eigenvalue weighted by molar-refractivity contribution is 5.53. The smallest absolute Gasteiger partial charge is 0.160 e. The van der Waals surface area contributed by atoms with Gasteiger partial charge in [0.05, 0.1) is 5.69 Å². The van der Waals surface area contributed by atoms with E-state index in [2.05, 4.69) is 19.9 Å². The molecule has 0 fully saturated rings. The monoisotopic (exact) mass is 350 g/mol. The van der Waals surface area contributed by atoms with Gasteiger partial charge in [0.1, 0.15) is 17.2 Å². The molecular formula is C19H18N4O3. The Hall–Kier alpha value is -3.19. The molecule has 0 saturated carbocycles. The fourth-order valence-electron chi connectivity index (χ4n) is 3.16. The van der Waals surface area contributed by atoms with Gasteiger partial charge in [0.2, 0.25) is 0 Å². The third-order valence-corrected chi connectivity index (χ3v) is 4.50. The number of phenols is 3. The van der Waals surface area contributed by atoms with E-state index in [9.17, 15) is 15.3 Å². The van der Waals surface area contributed by atoms with E-state index in [4.69, 9.17) is 0 Å². The number of aromatic nitrogens is 3. The first-order valence-corrected chi connectivity index (χ1v) is 8.31. The van der Waals surface area contributed by atoms with Crippen molar-refractivity contribution in [2.24, 2.45) is 0 Å². The van der Waals surface area contributed by atoms with Crippen LogP contribution in [-0.4, -0.2) is 41.7 Å². The van der Waals surface area contributed by atoms with Crippen LogP contribution in [0.5, 0.6) is 17.2 Å². The predicted octanol–water partition coefficient (Wildman–Crippen LogP) is 2.21. The van der Waals surface area contributed by atoms with Gasteiger partial charge in [-0.15, -0.1) is 0 Å². The zero-order valence-electron chi connectivity index (χ0n) is 14.0. The Kier molecular flexibility index (Phi) is 4.14. The number of nitrogens with zero attached hydrogens (tertiary/aromatic N) is 4. The van der Waals surface area contributed by atoms with Crippen molar-refractivity contribution >= 4 is 0 Å². The second kappa shape index (κ2) is 6.61. The summed E-state index contributed by atoms with van der Waals surface area (Å²) < 4.78 is 0. The molecule has 1 aliphatic rings. The molecule has 0 bridgehead atoms. The van der Waals surface area contributed by atoms with Crippen molar-refractivity contribution < 1.29 is 15.3 Å². The quantitative estimate of drug-likeness (QED) is 0.665. The lowest BCUT2D eigenvalue weighted by atomic mass is 10.0. The summed E-state index contributed by atoms with van der Waals surface area (Å²) in [6.45, 7) is 1.75. The van der Waals surface area contributed by atoms with Crippen LogP contribution in [0.2, 0.25) is 0 Å². The molecule has 0 aliphatic carbocycles. The van der Waals surface area contributed by atoms with Gasteiger partial charge in [-0.2, -0.15) is 0 Å². The molecule has 1 aliphatic heterocycles. The van der Waals surface area contributed by atoms with Crippen LogP contribution >= 0.6 is 0 Å². The summed E-state index contributed by atoms with van der Waals surface area (Å²) in [6.07, 6.45) is 6.04. The van der Waals surface area contributed by atoms with E-state index >= 15 is 0 Å². The molecule has 1 aromatic carbocycles. The van der Waals surface area contributed by atoms with E-state index in [-0.39, 0.29) is 17.2 Å². The van der Waals surface area contributed by atoms with Crippen LogP contribution < -0.4 is 0 Å². The van der Waals surface area contributed by atoms with Gasteiger partial charge in [-0.3, -0.25) is 9.88 Å². The van der Waals surface area contributed by atoms with Gasteiger partial charge in [-0.05, 0) is 12.1 Å². The number of rotatable bonds is 3.